The molecule has 0 saturated carbocycles. The van der Waals surface area contributed by atoms with Crippen LogP contribution in [0.3, 0.4) is 0 Å². The Balaban J connectivity index is 0.00000364. The molecule has 8 heteroatoms. The fraction of sp³-hybridized carbons (Fsp3) is 0.579. The van der Waals surface area contributed by atoms with Gasteiger partial charge in [0.15, 0.2) is 0 Å². The minimum absolute atomic E-state index is 0. The molecule has 0 aromatic heterocycles. The summed E-state index contributed by atoms with van der Waals surface area (Å²) in [6, 6.07) is 8.00. The lowest BCUT2D eigenvalue weighted by Gasteiger charge is -2.35. The van der Waals surface area contributed by atoms with E-state index in [2.05, 4.69) is 10.2 Å². The second-order valence-electron chi connectivity index (χ2n) is 6.67. The number of hydrogen-bond acceptors (Lipinski definition) is 5. The van der Waals surface area contributed by atoms with E-state index in [1.807, 2.05) is 43.1 Å². The first kappa shape index (κ1) is 23.2. The number of hydrogen-bond donors (Lipinski definition) is 2. The van der Waals surface area contributed by atoms with Gasteiger partial charge in [-0.1, -0.05) is 12.1 Å². The Morgan fingerprint density at radius 2 is 2.04 bits per heavy atom. The summed E-state index contributed by atoms with van der Waals surface area (Å²) in [5.41, 5.74) is 1.01. The highest BCUT2D eigenvalue weighted by atomic mass is 35.5. The van der Waals surface area contributed by atoms with Crippen LogP contribution in [-0.2, 0) is 16.1 Å². The Kier molecular flexibility index (Phi) is 10.1. The number of benzene rings is 1. The number of ether oxygens (including phenoxy) is 1. The molecule has 1 aliphatic heterocycles. The summed E-state index contributed by atoms with van der Waals surface area (Å²) in [6.07, 6.45) is 1.76. The number of nitrogens with one attached hydrogen (secondary N) is 1. The fourth-order valence-corrected chi connectivity index (χ4v) is 3.23. The maximum atomic E-state index is 12.2. The van der Waals surface area contributed by atoms with Crippen molar-refractivity contribution in [2.75, 3.05) is 39.8 Å². The van der Waals surface area contributed by atoms with Gasteiger partial charge in [0, 0.05) is 25.7 Å². The number of nitrogens with zero attached hydrogens (tertiary/aromatic N) is 2. The van der Waals surface area contributed by atoms with Crippen LogP contribution in [0.1, 0.15) is 25.3 Å². The summed E-state index contributed by atoms with van der Waals surface area (Å²) >= 11 is 0. The van der Waals surface area contributed by atoms with Crippen LogP contribution in [0.15, 0.2) is 24.3 Å². The van der Waals surface area contributed by atoms with E-state index in [1.165, 1.54) is 0 Å². The van der Waals surface area contributed by atoms with Crippen LogP contribution in [0.5, 0.6) is 5.75 Å². The molecule has 1 amide bonds. The number of halogens is 1. The zero-order valence-electron chi connectivity index (χ0n) is 16.0. The number of carboxylic acid groups (broad SMARTS) is 1. The van der Waals surface area contributed by atoms with Crippen molar-refractivity contribution in [3.8, 4) is 5.75 Å². The number of aliphatic carboxylic acids is 1. The van der Waals surface area contributed by atoms with Crippen molar-refractivity contribution in [1.29, 1.82) is 0 Å². The molecule has 1 fully saturated rings. The third kappa shape index (κ3) is 8.15. The van der Waals surface area contributed by atoms with Crippen molar-refractivity contribution >= 4 is 24.3 Å². The minimum Gasteiger partial charge on any atom is -0.494 e. The monoisotopic (exact) mass is 399 g/mol. The normalized spacial score (nSPS) is 15.2. The number of piperidine rings is 1. The van der Waals surface area contributed by atoms with Gasteiger partial charge < -0.3 is 15.2 Å². The van der Waals surface area contributed by atoms with Gasteiger partial charge in [-0.15, -0.1) is 12.4 Å². The van der Waals surface area contributed by atoms with Crippen LogP contribution in [0.2, 0.25) is 0 Å². The Labute approximate surface area is 167 Å². The molecule has 0 atom stereocenters. The van der Waals surface area contributed by atoms with Gasteiger partial charge >= 0.3 is 5.97 Å². The lowest BCUT2D eigenvalue weighted by molar-refractivity contribution is -0.138. The van der Waals surface area contributed by atoms with E-state index in [-0.39, 0.29) is 30.9 Å². The van der Waals surface area contributed by atoms with Crippen molar-refractivity contribution in [2.24, 2.45) is 0 Å². The molecule has 27 heavy (non-hydrogen) atoms. The van der Waals surface area contributed by atoms with Crippen LogP contribution in [-0.4, -0.2) is 72.7 Å². The molecule has 0 aliphatic carbocycles. The average Bonchev–Trinajstić information content (AvgIpc) is 2.61. The largest absolute Gasteiger partial charge is 0.494 e. The van der Waals surface area contributed by atoms with Gasteiger partial charge in [0.05, 0.1) is 19.7 Å². The number of carbonyl (C=O) groups is 2. The molecule has 0 bridgehead atoms. The lowest BCUT2D eigenvalue weighted by Crippen LogP contribution is -2.47. The topological polar surface area (TPSA) is 82.1 Å². The molecule has 1 aliphatic rings. The molecule has 7 nitrogen and oxygen atoms in total. The summed E-state index contributed by atoms with van der Waals surface area (Å²) in [6.45, 7) is 5.10. The molecule has 1 aromatic rings. The van der Waals surface area contributed by atoms with E-state index in [1.54, 1.807) is 0 Å². The van der Waals surface area contributed by atoms with Gasteiger partial charge in [-0.3, -0.25) is 19.4 Å². The molecule has 0 radical (unpaired) electrons. The molecule has 0 spiro atoms. The van der Waals surface area contributed by atoms with E-state index >= 15 is 0 Å². The second kappa shape index (κ2) is 11.8. The van der Waals surface area contributed by atoms with Gasteiger partial charge in [0.25, 0.3) is 0 Å². The zero-order valence-corrected chi connectivity index (χ0v) is 16.8. The van der Waals surface area contributed by atoms with Crippen LogP contribution in [0.4, 0.5) is 0 Å². The molecular weight excluding hydrogens is 370 g/mol. The van der Waals surface area contributed by atoms with E-state index in [0.717, 1.165) is 37.2 Å². The van der Waals surface area contributed by atoms with Gasteiger partial charge in [-0.05, 0) is 44.5 Å². The van der Waals surface area contributed by atoms with Crippen molar-refractivity contribution in [2.45, 2.75) is 32.4 Å². The molecule has 1 saturated heterocycles. The zero-order chi connectivity index (χ0) is 18.9. The highest BCUT2D eigenvalue weighted by molar-refractivity contribution is 5.85. The summed E-state index contributed by atoms with van der Waals surface area (Å²) in [4.78, 5) is 27.0. The number of carbonyl (C=O) groups excluding carboxylic acids is 1. The number of likely N-dealkylation sites (N-methyl/N-ethyl adjacent to an activating group) is 1. The SMILES string of the molecule is CCOc1cccc(CNC(=O)CN2CCC(N(C)CC(=O)O)CC2)c1.Cl. The minimum atomic E-state index is -0.803. The molecule has 0 unspecified atom stereocenters. The molecule has 2 N–H and O–H groups in total. The average molecular weight is 400 g/mol. The standard InChI is InChI=1S/C19H29N3O4.ClH/c1-3-26-17-6-4-5-15(11-17)12-20-18(23)13-22-9-7-16(8-10-22)21(2)14-19(24)25;/h4-6,11,16H,3,7-10,12-14H2,1-2H3,(H,20,23)(H,24,25);1H. The smallest absolute Gasteiger partial charge is 0.317 e. The van der Waals surface area contributed by atoms with E-state index in [4.69, 9.17) is 9.84 Å². The van der Waals surface area contributed by atoms with Crippen LogP contribution >= 0.6 is 12.4 Å². The van der Waals surface area contributed by atoms with Crippen LogP contribution < -0.4 is 10.1 Å². The third-order valence-electron chi connectivity index (χ3n) is 4.63. The van der Waals surface area contributed by atoms with Crippen molar-refractivity contribution in [3.63, 3.8) is 0 Å². The Bertz CT molecular complexity index is 606. The van der Waals surface area contributed by atoms with Gasteiger partial charge in [-0.25, -0.2) is 0 Å². The number of carboxylic acids is 1. The molecule has 152 valence electrons. The van der Waals surface area contributed by atoms with Crippen molar-refractivity contribution in [1.82, 2.24) is 15.1 Å². The highest BCUT2D eigenvalue weighted by Gasteiger charge is 2.24. The summed E-state index contributed by atoms with van der Waals surface area (Å²) in [5, 5.41) is 11.8. The van der Waals surface area contributed by atoms with Gasteiger partial charge in [0.2, 0.25) is 5.91 Å². The second-order valence-corrected chi connectivity index (χ2v) is 6.67. The predicted octanol–water partition coefficient (Wildman–Crippen LogP) is 1.60. The first-order chi connectivity index (χ1) is 12.5. The Morgan fingerprint density at radius 3 is 2.67 bits per heavy atom. The van der Waals surface area contributed by atoms with Crippen LogP contribution in [0, 0.1) is 0 Å². The summed E-state index contributed by atoms with van der Waals surface area (Å²) in [7, 11) is 1.84. The number of likely N-dealkylation sites (tertiary alicyclic amines) is 1. The maximum Gasteiger partial charge on any atom is 0.317 e. The number of rotatable bonds is 9. The quantitative estimate of drug-likeness (QED) is 0.656. The summed E-state index contributed by atoms with van der Waals surface area (Å²) in [5.74, 6) is 0.0127. The molecule has 1 aromatic carbocycles. The number of amides is 1. The van der Waals surface area contributed by atoms with Gasteiger partial charge in [-0.2, -0.15) is 0 Å². The molecular formula is C19H30ClN3O4. The highest BCUT2D eigenvalue weighted by Crippen LogP contribution is 2.15. The summed E-state index contributed by atoms with van der Waals surface area (Å²) < 4.78 is 5.47. The first-order valence-electron chi connectivity index (χ1n) is 9.10. The molecule has 2 rings (SSSR count). The Morgan fingerprint density at radius 1 is 1.33 bits per heavy atom. The maximum absolute atomic E-state index is 12.2. The van der Waals surface area contributed by atoms with Crippen molar-refractivity contribution in [3.05, 3.63) is 29.8 Å². The molecule has 1 heterocycles. The van der Waals surface area contributed by atoms with Gasteiger partial charge in [0.1, 0.15) is 5.75 Å². The van der Waals surface area contributed by atoms with Crippen LogP contribution in [0.25, 0.3) is 0 Å². The van der Waals surface area contributed by atoms with E-state index in [9.17, 15) is 9.59 Å². The van der Waals surface area contributed by atoms with Crippen molar-refractivity contribution < 1.29 is 19.4 Å². The van der Waals surface area contributed by atoms with E-state index in [0.29, 0.717) is 19.7 Å². The fourth-order valence-electron chi connectivity index (χ4n) is 3.23. The van der Waals surface area contributed by atoms with E-state index < -0.39 is 5.97 Å². The third-order valence-corrected chi connectivity index (χ3v) is 4.63. The Hall–Kier alpha value is -1.83. The predicted molar refractivity (Wildman–Crippen MR) is 106 cm³/mol. The first-order valence-corrected chi connectivity index (χ1v) is 9.10. The lowest BCUT2D eigenvalue weighted by atomic mass is 10.0.